The molecule has 1 N–H and O–H groups in total. The second-order valence-electron chi connectivity index (χ2n) is 7.88. The Balaban J connectivity index is 2.29. The molecular formula is C18H34O3. The van der Waals surface area contributed by atoms with Crippen LogP contribution in [0.25, 0.3) is 0 Å². The summed E-state index contributed by atoms with van der Waals surface area (Å²) in [6, 6.07) is 0. The van der Waals surface area contributed by atoms with Crippen LogP contribution in [0.3, 0.4) is 0 Å². The van der Waals surface area contributed by atoms with Crippen molar-refractivity contribution in [3.05, 3.63) is 0 Å². The summed E-state index contributed by atoms with van der Waals surface area (Å²) in [7, 11) is 0. The maximum Gasteiger partial charge on any atom is 0.308 e. The van der Waals surface area contributed by atoms with Gasteiger partial charge < -0.3 is 9.84 Å². The number of carboxylic acid groups (broad SMARTS) is 1. The fraction of sp³-hybridized carbons (Fsp3) is 0.944. The number of carboxylic acids is 1. The fourth-order valence-electron chi connectivity index (χ4n) is 3.22. The van der Waals surface area contributed by atoms with Crippen LogP contribution in [0.4, 0.5) is 0 Å². The molecule has 0 radical (unpaired) electrons. The Hall–Kier alpha value is -0.570. The molecule has 0 spiro atoms. The molecule has 0 unspecified atom stereocenters. The SMILES string of the molecule is C[C@H](CC[C@@H](COC(C)(C)C)C(=O)O)CC1CCCCC1. The van der Waals surface area contributed by atoms with Crippen LogP contribution < -0.4 is 0 Å². The van der Waals surface area contributed by atoms with Crippen LogP contribution in [-0.4, -0.2) is 23.3 Å². The van der Waals surface area contributed by atoms with Gasteiger partial charge in [-0.1, -0.05) is 39.0 Å². The summed E-state index contributed by atoms with van der Waals surface area (Å²) in [6.45, 7) is 8.51. The van der Waals surface area contributed by atoms with Crippen molar-refractivity contribution < 1.29 is 14.6 Å². The minimum absolute atomic E-state index is 0.262. The van der Waals surface area contributed by atoms with Gasteiger partial charge in [0.05, 0.1) is 18.1 Å². The van der Waals surface area contributed by atoms with Crippen molar-refractivity contribution in [2.45, 2.75) is 84.7 Å². The maximum absolute atomic E-state index is 11.3. The van der Waals surface area contributed by atoms with Crippen molar-refractivity contribution >= 4 is 5.97 Å². The van der Waals surface area contributed by atoms with Crippen LogP contribution in [0.15, 0.2) is 0 Å². The van der Waals surface area contributed by atoms with Crippen LogP contribution in [0.1, 0.15) is 79.1 Å². The molecule has 0 aromatic heterocycles. The van der Waals surface area contributed by atoms with E-state index in [4.69, 9.17) is 4.74 Å². The number of carbonyl (C=O) groups is 1. The highest BCUT2D eigenvalue weighted by atomic mass is 16.5. The average molecular weight is 298 g/mol. The summed E-state index contributed by atoms with van der Waals surface area (Å²) in [4.78, 5) is 11.3. The summed E-state index contributed by atoms with van der Waals surface area (Å²) in [6.07, 6.45) is 9.92. The highest BCUT2D eigenvalue weighted by Crippen LogP contribution is 2.31. The largest absolute Gasteiger partial charge is 0.481 e. The molecule has 1 aliphatic rings. The van der Waals surface area contributed by atoms with Crippen LogP contribution in [0.2, 0.25) is 0 Å². The zero-order chi connectivity index (χ0) is 15.9. The summed E-state index contributed by atoms with van der Waals surface area (Å²) in [5, 5.41) is 9.32. The van der Waals surface area contributed by atoms with E-state index < -0.39 is 5.97 Å². The van der Waals surface area contributed by atoms with Gasteiger partial charge in [-0.25, -0.2) is 0 Å². The number of hydrogen-bond donors (Lipinski definition) is 1. The molecule has 3 nitrogen and oxygen atoms in total. The predicted octanol–water partition coefficient (Wildman–Crippen LogP) is 4.89. The molecule has 21 heavy (non-hydrogen) atoms. The highest BCUT2D eigenvalue weighted by Gasteiger charge is 2.23. The van der Waals surface area contributed by atoms with Gasteiger partial charge in [-0.05, 0) is 51.9 Å². The molecule has 0 aliphatic heterocycles. The Kier molecular flexibility index (Phi) is 7.72. The molecule has 0 bridgehead atoms. The third kappa shape index (κ3) is 8.45. The first-order valence-corrected chi connectivity index (χ1v) is 8.64. The van der Waals surface area contributed by atoms with E-state index >= 15 is 0 Å². The molecule has 1 fully saturated rings. The Morgan fingerprint density at radius 1 is 1.19 bits per heavy atom. The van der Waals surface area contributed by atoms with Crippen LogP contribution in [-0.2, 0) is 9.53 Å². The van der Waals surface area contributed by atoms with Gasteiger partial charge in [0.15, 0.2) is 0 Å². The molecule has 0 aromatic rings. The molecule has 1 aliphatic carbocycles. The van der Waals surface area contributed by atoms with E-state index in [1.54, 1.807) is 0 Å². The molecular weight excluding hydrogens is 264 g/mol. The lowest BCUT2D eigenvalue weighted by Crippen LogP contribution is -2.28. The summed E-state index contributed by atoms with van der Waals surface area (Å²) >= 11 is 0. The Bertz CT molecular complexity index is 300. The number of rotatable bonds is 8. The Morgan fingerprint density at radius 2 is 1.81 bits per heavy atom. The summed E-state index contributed by atoms with van der Waals surface area (Å²) < 4.78 is 5.65. The van der Waals surface area contributed by atoms with E-state index in [0.29, 0.717) is 12.5 Å². The van der Waals surface area contributed by atoms with Gasteiger partial charge in [-0.3, -0.25) is 4.79 Å². The molecule has 1 saturated carbocycles. The lowest BCUT2D eigenvalue weighted by Gasteiger charge is -2.26. The quantitative estimate of drug-likeness (QED) is 0.694. The number of hydrogen-bond acceptors (Lipinski definition) is 2. The molecule has 1 rings (SSSR count). The molecule has 0 saturated heterocycles. The first-order valence-electron chi connectivity index (χ1n) is 8.64. The molecule has 0 aromatic carbocycles. The van der Waals surface area contributed by atoms with Gasteiger partial charge in [-0.15, -0.1) is 0 Å². The first kappa shape index (κ1) is 18.5. The summed E-state index contributed by atoms with van der Waals surface area (Å²) in [5.74, 6) is 0.426. The van der Waals surface area contributed by atoms with Gasteiger partial charge in [0.25, 0.3) is 0 Å². The van der Waals surface area contributed by atoms with Gasteiger partial charge >= 0.3 is 5.97 Å². The maximum atomic E-state index is 11.3. The van der Waals surface area contributed by atoms with Crippen molar-refractivity contribution in [1.82, 2.24) is 0 Å². The van der Waals surface area contributed by atoms with Crippen molar-refractivity contribution in [3.8, 4) is 0 Å². The second-order valence-corrected chi connectivity index (χ2v) is 7.88. The van der Waals surface area contributed by atoms with Crippen LogP contribution in [0.5, 0.6) is 0 Å². The normalized spacial score (nSPS) is 20.2. The standard InChI is InChI=1S/C18H34O3/c1-14(12-15-8-6-5-7-9-15)10-11-16(17(19)20)13-21-18(2,3)4/h14-16H,5-13H2,1-4H3,(H,19,20)/t14-,16+/m1/s1. The van der Waals surface area contributed by atoms with E-state index in [0.717, 1.165) is 18.8 Å². The smallest absolute Gasteiger partial charge is 0.308 e. The van der Waals surface area contributed by atoms with E-state index in [1.807, 2.05) is 20.8 Å². The topological polar surface area (TPSA) is 46.5 Å². The molecule has 2 atom stereocenters. The average Bonchev–Trinajstić information content (AvgIpc) is 2.38. The van der Waals surface area contributed by atoms with E-state index in [1.165, 1.54) is 38.5 Å². The first-order chi connectivity index (χ1) is 9.78. The predicted molar refractivity (Wildman–Crippen MR) is 86.4 cm³/mol. The molecule has 0 heterocycles. The second kappa shape index (κ2) is 8.77. The van der Waals surface area contributed by atoms with Crippen molar-refractivity contribution in [2.75, 3.05) is 6.61 Å². The van der Waals surface area contributed by atoms with Crippen molar-refractivity contribution in [2.24, 2.45) is 17.8 Å². The zero-order valence-electron chi connectivity index (χ0n) is 14.4. The lowest BCUT2D eigenvalue weighted by molar-refractivity contribution is -0.146. The minimum atomic E-state index is -0.718. The summed E-state index contributed by atoms with van der Waals surface area (Å²) in [5.41, 5.74) is -0.262. The molecule has 3 heteroatoms. The van der Waals surface area contributed by atoms with Crippen LogP contribution in [0, 0.1) is 17.8 Å². The lowest BCUT2D eigenvalue weighted by atomic mass is 9.81. The molecule has 0 amide bonds. The fourth-order valence-corrected chi connectivity index (χ4v) is 3.22. The van der Waals surface area contributed by atoms with Gasteiger partial charge in [0, 0.05) is 0 Å². The Labute approximate surface area is 130 Å². The van der Waals surface area contributed by atoms with E-state index in [-0.39, 0.29) is 11.5 Å². The Morgan fingerprint density at radius 3 is 2.33 bits per heavy atom. The molecule has 124 valence electrons. The van der Waals surface area contributed by atoms with Gasteiger partial charge in [-0.2, -0.15) is 0 Å². The van der Waals surface area contributed by atoms with E-state index in [2.05, 4.69) is 6.92 Å². The zero-order valence-corrected chi connectivity index (χ0v) is 14.4. The monoisotopic (exact) mass is 298 g/mol. The van der Waals surface area contributed by atoms with Crippen LogP contribution >= 0.6 is 0 Å². The third-order valence-corrected chi connectivity index (χ3v) is 4.54. The van der Waals surface area contributed by atoms with Gasteiger partial charge in [0.1, 0.15) is 0 Å². The van der Waals surface area contributed by atoms with Crippen molar-refractivity contribution in [1.29, 1.82) is 0 Å². The highest BCUT2D eigenvalue weighted by molar-refractivity contribution is 5.70. The van der Waals surface area contributed by atoms with E-state index in [9.17, 15) is 9.90 Å². The third-order valence-electron chi connectivity index (χ3n) is 4.54. The minimum Gasteiger partial charge on any atom is -0.481 e. The van der Waals surface area contributed by atoms with Crippen molar-refractivity contribution in [3.63, 3.8) is 0 Å². The number of aliphatic carboxylic acids is 1. The number of ether oxygens (including phenoxy) is 1. The van der Waals surface area contributed by atoms with Gasteiger partial charge in [0.2, 0.25) is 0 Å².